The lowest BCUT2D eigenvalue weighted by atomic mass is 10.2. The number of carbonyl (C=O) groups is 1. The number of imidazole rings is 1. The molecule has 0 spiro atoms. The normalized spacial score (nSPS) is 10.8. The summed E-state index contributed by atoms with van der Waals surface area (Å²) in [5, 5.41) is 10.9. The first kappa shape index (κ1) is 12.3. The molecule has 2 aromatic heterocycles. The molecule has 7 heteroatoms. The first-order valence-corrected chi connectivity index (χ1v) is 6.37. The van der Waals surface area contributed by atoms with Crippen LogP contribution in [0.2, 0.25) is 0 Å². The van der Waals surface area contributed by atoms with Gasteiger partial charge in [-0.3, -0.25) is 4.79 Å². The molecule has 0 aliphatic carbocycles. The highest BCUT2D eigenvalue weighted by Crippen LogP contribution is 2.13. The first-order chi connectivity index (χ1) is 9.78. The molecular weight excluding hydrogens is 256 g/mol. The highest BCUT2D eigenvalue weighted by Gasteiger charge is 2.09. The smallest absolute Gasteiger partial charge is 0.251 e. The van der Waals surface area contributed by atoms with Crippen molar-refractivity contribution < 1.29 is 4.79 Å². The van der Waals surface area contributed by atoms with Crippen LogP contribution in [0.1, 0.15) is 23.1 Å². The molecule has 20 heavy (non-hydrogen) atoms. The summed E-state index contributed by atoms with van der Waals surface area (Å²) in [7, 11) is 0. The number of nitrogens with one attached hydrogen (secondary N) is 2. The lowest BCUT2D eigenvalue weighted by molar-refractivity contribution is 0.0950. The van der Waals surface area contributed by atoms with E-state index in [1.54, 1.807) is 29.2 Å². The van der Waals surface area contributed by atoms with Gasteiger partial charge in [0, 0.05) is 24.5 Å². The van der Waals surface area contributed by atoms with Crippen molar-refractivity contribution >= 4 is 16.9 Å². The number of hydrogen-bond acceptors (Lipinski definition) is 4. The lowest BCUT2D eigenvalue weighted by Gasteiger charge is -2.03. The van der Waals surface area contributed by atoms with Crippen LogP contribution in [0.3, 0.4) is 0 Å². The molecule has 3 rings (SSSR count). The van der Waals surface area contributed by atoms with Crippen LogP contribution in [0.25, 0.3) is 11.0 Å². The Kier molecular flexibility index (Phi) is 3.16. The van der Waals surface area contributed by atoms with E-state index in [1.165, 1.54) is 0 Å². The topological polar surface area (TPSA) is 88.5 Å². The van der Waals surface area contributed by atoms with Crippen molar-refractivity contribution in [2.75, 3.05) is 0 Å². The Morgan fingerprint density at radius 3 is 3.10 bits per heavy atom. The predicted octanol–water partition coefficient (Wildman–Crippen LogP) is 1.10. The van der Waals surface area contributed by atoms with E-state index in [0.29, 0.717) is 12.1 Å². The zero-order chi connectivity index (χ0) is 13.9. The molecule has 3 aromatic rings. The van der Waals surface area contributed by atoms with Gasteiger partial charge in [0.05, 0.1) is 12.1 Å². The minimum atomic E-state index is -0.158. The highest BCUT2D eigenvalue weighted by atomic mass is 16.1. The van der Waals surface area contributed by atoms with Gasteiger partial charge in [0.25, 0.3) is 5.91 Å². The standard InChI is InChI=1S/C13H14N6O/c1-2-19-11-4-3-9(7-10(11)17-18-19)13(20)16-8-12-14-5-6-15-12/h3-7H,2,8H2,1H3,(H,14,15)(H,16,20). The van der Waals surface area contributed by atoms with Gasteiger partial charge in [-0.05, 0) is 25.1 Å². The Balaban J connectivity index is 1.77. The second-order valence-corrected chi connectivity index (χ2v) is 4.33. The molecule has 1 aromatic carbocycles. The van der Waals surface area contributed by atoms with Crippen LogP contribution in [0.5, 0.6) is 0 Å². The monoisotopic (exact) mass is 270 g/mol. The molecule has 2 heterocycles. The van der Waals surface area contributed by atoms with Gasteiger partial charge in [-0.1, -0.05) is 5.21 Å². The average Bonchev–Trinajstić information content (AvgIpc) is 3.13. The zero-order valence-electron chi connectivity index (χ0n) is 11.0. The average molecular weight is 270 g/mol. The molecule has 0 radical (unpaired) electrons. The molecule has 0 bridgehead atoms. The van der Waals surface area contributed by atoms with Gasteiger partial charge in [0.15, 0.2) is 0 Å². The van der Waals surface area contributed by atoms with E-state index >= 15 is 0 Å². The van der Waals surface area contributed by atoms with Gasteiger partial charge in [-0.15, -0.1) is 5.10 Å². The number of carbonyl (C=O) groups excluding carboxylic acids is 1. The fraction of sp³-hybridized carbons (Fsp3) is 0.231. The van der Waals surface area contributed by atoms with Crippen molar-refractivity contribution in [2.45, 2.75) is 20.0 Å². The number of rotatable bonds is 4. The summed E-state index contributed by atoms with van der Waals surface area (Å²) in [5.41, 5.74) is 2.21. The van der Waals surface area contributed by atoms with Gasteiger partial charge in [-0.25, -0.2) is 9.67 Å². The minimum Gasteiger partial charge on any atom is -0.347 e. The van der Waals surface area contributed by atoms with Crippen LogP contribution in [0.15, 0.2) is 30.6 Å². The zero-order valence-corrected chi connectivity index (χ0v) is 11.0. The van der Waals surface area contributed by atoms with Crippen LogP contribution >= 0.6 is 0 Å². The summed E-state index contributed by atoms with van der Waals surface area (Å²) >= 11 is 0. The Bertz CT molecular complexity index is 730. The second kappa shape index (κ2) is 5.12. The van der Waals surface area contributed by atoms with E-state index in [9.17, 15) is 4.79 Å². The minimum absolute atomic E-state index is 0.158. The van der Waals surface area contributed by atoms with Crippen molar-refractivity contribution in [3.63, 3.8) is 0 Å². The number of aromatic amines is 1. The van der Waals surface area contributed by atoms with Crippen molar-refractivity contribution in [2.24, 2.45) is 0 Å². The van der Waals surface area contributed by atoms with E-state index in [1.807, 2.05) is 13.0 Å². The number of H-pyrrole nitrogens is 1. The number of aromatic nitrogens is 5. The summed E-state index contributed by atoms with van der Waals surface area (Å²) in [6.07, 6.45) is 3.37. The van der Waals surface area contributed by atoms with Gasteiger partial charge in [0.1, 0.15) is 11.3 Å². The number of aryl methyl sites for hydroxylation is 1. The molecule has 0 aliphatic rings. The van der Waals surface area contributed by atoms with Crippen LogP contribution in [-0.4, -0.2) is 30.9 Å². The molecule has 102 valence electrons. The van der Waals surface area contributed by atoms with Crippen LogP contribution in [0.4, 0.5) is 0 Å². The van der Waals surface area contributed by atoms with Crippen molar-refractivity contribution in [3.05, 3.63) is 42.0 Å². The molecule has 0 aliphatic heterocycles. The molecule has 0 atom stereocenters. The Labute approximate surface area is 115 Å². The molecule has 0 unspecified atom stereocenters. The van der Waals surface area contributed by atoms with E-state index in [4.69, 9.17) is 0 Å². The van der Waals surface area contributed by atoms with E-state index in [2.05, 4.69) is 25.6 Å². The van der Waals surface area contributed by atoms with Crippen LogP contribution in [-0.2, 0) is 13.1 Å². The van der Waals surface area contributed by atoms with E-state index in [0.717, 1.165) is 23.4 Å². The number of amides is 1. The quantitative estimate of drug-likeness (QED) is 0.743. The molecule has 0 saturated heterocycles. The largest absolute Gasteiger partial charge is 0.347 e. The number of fused-ring (bicyclic) bond motifs is 1. The third-order valence-corrected chi connectivity index (χ3v) is 3.05. The van der Waals surface area contributed by atoms with Gasteiger partial charge >= 0.3 is 0 Å². The molecule has 0 saturated carbocycles. The Morgan fingerprint density at radius 2 is 2.35 bits per heavy atom. The van der Waals surface area contributed by atoms with Crippen molar-refractivity contribution in [1.82, 2.24) is 30.3 Å². The lowest BCUT2D eigenvalue weighted by Crippen LogP contribution is -2.23. The highest BCUT2D eigenvalue weighted by molar-refractivity contribution is 5.97. The maximum atomic E-state index is 12.1. The number of hydrogen-bond donors (Lipinski definition) is 2. The van der Waals surface area contributed by atoms with Gasteiger partial charge < -0.3 is 10.3 Å². The fourth-order valence-corrected chi connectivity index (χ4v) is 2.01. The van der Waals surface area contributed by atoms with Crippen LogP contribution < -0.4 is 5.32 Å². The first-order valence-electron chi connectivity index (χ1n) is 6.37. The summed E-state index contributed by atoms with van der Waals surface area (Å²) in [6.45, 7) is 3.12. The maximum Gasteiger partial charge on any atom is 0.251 e. The summed E-state index contributed by atoms with van der Waals surface area (Å²) in [5.74, 6) is 0.561. The predicted molar refractivity (Wildman–Crippen MR) is 73.0 cm³/mol. The Hall–Kier alpha value is -2.70. The third kappa shape index (κ3) is 2.25. The van der Waals surface area contributed by atoms with Crippen molar-refractivity contribution in [3.8, 4) is 0 Å². The molecular formula is C13H14N6O. The Morgan fingerprint density at radius 1 is 1.45 bits per heavy atom. The van der Waals surface area contributed by atoms with Gasteiger partial charge in [-0.2, -0.15) is 0 Å². The van der Waals surface area contributed by atoms with Gasteiger partial charge in [0.2, 0.25) is 0 Å². The second-order valence-electron chi connectivity index (χ2n) is 4.33. The van der Waals surface area contributed by atoms with E-state index in [-0.39, 0.29) is 5.91 Å². The molecule has 0 fully saturated rings. The summed E-state index contributed by atoms with van der Waals surface area (Å²) < 4.78 is 1.79. The summed E-state index contributed by atoms with van der Waals surface area (Å²) in [4.78, 5) is 19.0. The fourth-order valence-electron chi connectivity index (χ4n) is 2.01. The summed E-state index contributed by atoms with van der Waals surface area (Å²) in [6, 6.07) is 5.38. The maximum absolute atomic E-state index is 12.1. The molecule has 2 N–H and O–H groups in total. The molecule has 1 amide bonds. The molecule has 7 nitrogen and oxygen atoms in total. The SMILES string of the molecule is CCn1nnc2cc(C(=O)NCc3ncc[nH]3)ccc21. The number of nitrogens with zero attached hydrogens (tertiary/aromatic N) is 4. The van der Waals surface area contributed by atoms with Crippen LogP contribution in [0, 0.1) is 0 Å². The third-order valence-electron chi connectivity index (χ3n) is 3.05. The van der Waals surface area contributed by atoms with E-state index < -0.39 is 0 Å². The van der Waals surface area contributed by atoms with Crippen molar-refractivity contribution in [1.29, 1.82) is 0 Å². The number of benzene rings is 1.